The van der Waals surface area contributed by atoms with E-state index in [1.54, 1.807) is 12.1 Å². The Labute approximate surface area is 167 Å². The van der Waals surface area contributed by atoms with E-state index < -0.39 is 0 Å². The Hall–Kier alpha value is -2.09. The third-order valence-electron chi connectivity index (χ3n) is 4.45. The SMILES string of the molecule is O=C(CNc1ccccc1I)Nc1ccccc1C(=O)NC1CCCC1. The summed E-state index contributed by atoms with van der Waals surface area (Å²) in [7, 11) is 0. The predicted molar refractivity (Wildman–Crippen MR) is 112 cm³/mol. The molecule has 5 nitrogen and oxygen atoms in total. The molecule has 2 aromatic carbocycles. The van der Waals surface area contributed by atoms with Crippen molar-refractivity contribution in [3.63, 3.8) is 0 Å². The van der Waals surface area contributed by atoms with Gasteiger partial charge in [0.25, 0.3) is 5.91 Å². The van der Waals surface area contributed by atoms with Crippen molar-refractivity contribution >= 4 is 45.8 Å². The van der Waals surface area contributed by atoms with Crippen molar-refractivity contribution in [1.82, 2.24) is 5.32 Å². The first kappa shape index (κ1) is 18.7. The number of carbonyl (C=O) groups is 2. The van der Waals surface area contributed by atoms with Gasteiger partial charge in [0, 0.05) is 15.3 Å². The third-order valence-corrected chi connectivity index (χ3v) is 5.39. The Bertz CT molecular complexity index is 788. The number of anilines is 2. The van der Waals surface area contributed by atoms with Crippen molar-refractivity contribution in [2.45, 2.75) is 31.7 Å². The van der Waals surface area contributed by atoms with E-state index in [0.29, 0.717) is 11.3 Å². The molecule has 0 spiro atoms. The van der Waals surface area contributed by atoms with Gasteiger partial charge in [-0.15, -0.1) is 0 Å². The van der Waals surface area contributed by atoms with Crippen LogP contribution in [0.5, 0.6) is 0 Å². The molecule has 0 aliphatic heterocycles. The van der Waals surface area contributed by atoms with Gasteiger partial charge in [0.2, 0.25) is 5.91 Å². The van der Waals surface area contributed by atoms with Gasteiger partial charge >= 0.3 is 0 Å². The number of nitrogens with one attached hydrogen (secondary N) is 3. The molecule has 2 aromatic rings. The number of amides is 2. The lowest BCUT2D eigenvalue weighted by molar-refractivity contribution is -0.114. The summed E-state index contributed by atoms with van der Waals surface area (Å²) in [5, 5.41) is 9.03. The zero-order valence-corrected chi connectivity index (χ0v) is 16.6. The average molecular weight is 463 g/mol. The molecule has 1 fully saturated rings. The van der Waals surface area contributed by atoms with Crippen LogP contribution in [0, 0.1) is 3.57 Å². The number of para-hydroxylation sites is 2. The van der Waals surface area contributed by atoms with Crippen LogP contribution < -0.4 is 16.0 Å². The van der Waals surface area contributed by atoms with Crippen LogP contribution in [0.3, 0.4) is 0 Å². The molecule has 0 aromatic heterocycles. The monoisotopic (exact) mass is 463 g/mol. The zero-order valence-electron chi connectivity index (χ0n) is 14.4. The second kappa shape index (κ2) is 9.02. The van der Waals surface area contributed by atoms with Crippen molar-refractivity contribution in [2.24, 2.45) is 0 Å². The van der Waals surface area contributed by atoms with Crippen LogP contribution in [0.2, 0.25) is 0 Å². The molecular weight excluding hydrogens is 441 g/mol. The van der Waals surface area contributed by atoms with Crippen LogP contribution in [0.1, 0.15) is 36.0 Å². The average Bonchev–Trinajstić information content (AvgIpc) is 3.14. The van der Waals surface area contributed by atoms with E-state index in [9.17, 15) is 9.59 Å². The summed E-state index contributed by atoms with van der Waals surface area (Å²) in [6, 6.07) is 15.1. The largest absolute Gasteiger partial charge is 0.375 e. The molecule has 2 amide bonds. The van der Waals surface area contributed by atoms with Crippen LogP contribution in [-0.4, -0.2) is 24.4 Å². The van der Waals surface area contributed by atoms with E-state index in [2.05, 4.69) is 38.5 Å². The molecule has 0 heterocycles. The summed E-state index contributed by atoms with van der Waals surface area (Å²) in [6.45, 7) is 0.137. The van der Waals surface area contributed by atoms with Crippen LogP contribution >= 0.6 is 22.6 Å². The maximum atomic E-state index is 12.5. The van der Waals surface area contributed by atoms with E-state index in [0.717, 1.165) is 34.9 Å². The lowest BCUT2D eigenvalue weighted by Gasteiger charge is -2.15. The fraction of sp³-hybridized carbons (Fsp3) is 0.300. The molecule has 1 aliphatic carbocycles. The fourth-order valence-electron chi connectivity index (χ4n) is 3.10. The first-order chi connectivity index (χ1) is 12.6. The van der Waals surface area contributed by atoms with Crippen molar-refractivity contribution < 1.29 is 9.59 Å². The summed E-state index contributed by atoms with van der Waals surface area (Å²) in [6.07, 6.45) is 4.38. The molecular formula is C20H22IN3O2. The topological polar surface area (TPSA) is 70.2 Å². The van der Waals surface area contributed by atoms with E-state index in [-0.39, 0.29) is 24.4 Å². The Kier molecular flexibility index (Phi) is 6.49. The van der Waals surface area contributed by atoms with Crippen LogP contribution in [-0.2, 0) is 4.79 Å². The number of benzene rings is 2. The minimum atomic E-state index is -0.189. The number of hydrogen-bond donors (Lipinski definition) is 3. The Balaban J connectivity index is 1.61. The highest BCUT2D eigenvalue weighted by Gasteiger charge is 2.20. The molecule has 3 N–H and O–H groups in total. The molecule has 6 heteroatoms. The Morgan fingerprint density at radius 1 is 0.962 bits per heavy atom. The van der Waals surface area contributed by atoms with Gasteiger partial charge in [-0.05, 0) is 59.7 Å². The molecule has 0 saturated heterocycles. The zero-order chi connectivity index (χ0) is 18.4. The highest BCUT2D eigenvalue weighted by Crippen LogP contribution is 2.21. The normalized spacial score (nSPS) is 14.0. The number of carbonyl (C=O) groups excluding carboxylic acids is 2. The van der Waals surface area contributed by atoms with E-state index >= 15 is 0 Å². The van der Waals surface area contributed by atoms with Gasteiger partial charge in [-0.1, -0.05) is 37.1 Å². The summed E-state index contributed by atoms with van der Waals surface area (Å²) in [5.74, 6) is -0.316. The summed E-state index contributed by atoms with van der Waals surface area (Å²) in [5.41, 5.74) is 1.95. The molecule has 0 unspecified atom stereocenters. The van der Waals surface area contributed by atoms with Gasteiger partial charge in [0.05, 0.1) is 17.8 Å². The van der Waals surface area contributed by atoms with Gasteiger partial charge in [0.15, 0.2) is 0 Å². The minimum absolute atomic E-state index is 0.127. The van der Waals surface area contributed by atoms with Crippen molar-refractivity contribution in [3.05, 3.63) is 57.7 Å². The quantitative estimate of drug-likeness (QED) is 0.567. The lowest BCUT2D eigenvalue weighted by atomic mass is 10.1. The smallest absolute Gasteiger partial charge is 0.253 e. The molecule has 26 heavy (non-hydrogen) atoms. The highest BCUT2D eigenvalue weighted by molar-refractivity contribution is 14.1. The fourth-order valence-corrected chi connectivity index (χ4v) is 3.68. The maximum Gasteiger partial charge on any atom is 0.253 e. The molecule has 1 aliphatic rings. The van der Waals surface area contributed by atoms with Crippen molar-refractivity contribution in [1.29, 1.82) is 0 Å². The number of rotatable bonds is 6. The van der Waals surface area contributed by atoms with Gasteiger partial charge in [-0.2, -0.15) is 0 Å². The summed E-state index contributed by atoms with van der Waals surface area (Å²) >= 11 is 2.22. The first-order valence-electron chi connectivity index (χ1n) is 8.81. The molecule has 1 saturated carbocycles. The summed E-state index contributed by atoms with van der Waals surface area (Å²) < 4.78 is 1.05. The van der Waals surface area contributed by atoms with Crippen LogP contribution in [0.25, 0.3) is 0 Å². The van der Waals surface area contributed by atoms with Gasteiger partial charge < -0.3 is 16.0 Å². The Morgan fingerprint density at radius 3 is 2.35 bits per heavy atom. The van der Waals surface area contributed by atoms with E-state index in [4.69, 9.17) is 0 Å². The van der Waals surface area contributed by atoms with Crippen molar-refractivity contribution in [2.75, 3.05) is 17.2 Å². The predicted octanol–water partition coefficient (Wildman–Crippen LogP) is 4.01. The minimum Gasteiger partial charge on any atom is -0.375 e. The van der Waals surface area contributed by atoms with Crippen LogP contribution in [0.4, 0.5) is 11.4 Å². The highest BCUT2D eigenvalue weighted by atomic mass is 127. The van der Waals surface area contributed by atoms with Crippen molar-refractivity contribution in [3.8, 4) is 0 Å². The standard InChI is InChI=1S/C20H22IN3O2/c21-16-10-4-6-12-18(16)22-13-19(25)24-17-11-5-3-9-15(17)20(26)23-14-7-1-2-8-14/h3-6,9-12,14,22H,1-2,7-8,13H2,(H,23,26)(H,24,25). The molecule has 136 valence electrons. The summed E-state index contributed by atoms with van der Waals surface area (Å²) in [4.78, 5) is 24.9. The maximum absolute atomic E-state index is 12.5. The number of hydrogen-bond acceptors (Lipinski definition) is 3. The lowest BCUT2D eigenvalue weighted by Crippen LogP contribution is -2.33. The molecule has 3 rings (SSSR count). The van der Waals surface area contributed by atoms with E-state index in [1.807, 2.05) is 36.4 Å². The van der Waals surface area contributed by atoms with Crippen LogP contribution in [0.15, 0.2) is 48.5 Å². The van der Waals surface area contributed by atoms with Gasteiger partial charge in [-0.3, -0.25) is 9.59 Å². The molecule has 0 bridgehead atoms. The third kappa shape index (κ3) is 4.97. The molecule has 0 radical (unpaired) electrons. The number of halogens is 1. The molecule has 0 atom stereocenters. The second-order valence-corrected chi connectivity index (χ2v) is 7.54. The van der Waals surface area contributed by atoms with Gasteiger partial charge in [0.1, 0.15) is 0 Å². The van der Waals surface area contributed by atoms with Gasteiger partial charge in [-0.25, -0.2) is 0 Å². The second-order valence-electron chi connectivity index (χ2n) is 6.38. The van der Waals surface area contributed by atoms with E-state index in [1.165, 1.54) is 0 Å². The Morgan fingerprint density at radius 2 is 1.62 bits per heavy atom. The first-order valence-corrected chi connectivity index (χ1v) is 9.89.